The third kappa shape index (κ3) is 260. The Balaban J connectivity index is 0. The molecule has 0 aromatic heterocycles. The van der Waals surface area contributed by atoms with E-state index in [1.807, 2.05) is 0 Å². The van der Waals surface area contributed by atoms with Gasteiger partial charge < -0.3 is 38.3 Å². The average molecular weight is 312 g/mol. The monoisotopic (exact) mass is 312 g/mol. The van der Waals surface area contributed by atoms with Crippen LogP contribution in [0.1, 0.15) is 0 Å². The quantitative estimate of drug-likeness (QED) is 0.502. The molecule has 0 unspecified atom stereocenters. The predicted octanol–water partition coefficient (Wildman–Crippen LogP) is -0.842. The van der Waals surface area contributed by atoms with E-state index in [-0.39, 0.29) is 116 Å². The van der Waals surface area contributed by atoms with Gasteiger partial charge in [-0.2, -0.15) is 0 Å². The third-order valence-corrected chi connectivity index (χ3v) is 0. The van der Waals surface area contributed by atoms with Gasteiger partial charge in [-0.25, -0.2) is 0 Å². The van der Waals surface area contributed by atoms with Gasteiger partial charge in [-0.05, 0) is 0 Å². The van der Waals surface area contributed by atoms with Crippen molar-refractivity contribution in [1.29, 1.82) is 0 Å². The minimum absolute atomic E-state index is 0. The van der Waals surface area contributed by atoms with Gasteiger partial charge in [-0.3, -0.25) is 0 Å². The fourth-order valence-electron chi connectivity index (χ4n) is 0. The van der Waals surface area contributed by atoms with Crippen molar-refractivity contribution in [3.05, 3.63) is 0 Å². The molecular weight excluding hydrogens is 312 g/mol. The first-order chi connectivity index (χ1) is 0. The molecule has 2 radical (unpaired) electrons. The van der Waals surface area contributed by atoms with Crippen LogP contribution in [-0.2, 0) is 116 Å². The average Bonchev–Trinajstić information content (AvgIpc) is 0. The van der Waals surface area contributed by atoms with Crippen LogP contribution in [0.4, 0.5) is 0 Å². The van der Waals surface area contributed by atoms with E-state index in [0.29, 0.717) is 0 Å². The van der Waals surface area contributed by atoms with Crippen molar-refractivity contribution in [2.75, 3.05) is 0 Å². The van der Waals surface area contributed by atoms with Gasteiger partial charge in [0.15, 0.2) is 0 Å². The fourth-order valence-corrected chi connectivity index (χ4v) is 0. The van der Waals surface area contributed by atoms with Crippen LogP contribution >= 0.6 is 0 Å². The molecule has 62 valence electrons. The Labute approximate surface area is 115 Å². The Morgan fingerprint density at radius 3 is 0.273 bits per heavy atom. The van der Waals surface area contributed by atoms with Crippen molar-refractivity contribution in [2.45, 2.75) is 0 Å². The maximum atomic E-state index is 0. The Hall–Kier alpha value is 2.21. The van der Waals surface area contributed by atoms with Crippen LogP contribution in [0.3, 0.4) is 0 Å². The van der Waals surface area contributed by atoms with Crippen molar-refractivity contribution in [2.24, 2.45) is 0 Å². The first kappa shape index (κ1) is 402. The van der Waals surface area contributed by atoms with Gasteiger partial charge >= 0.3 is 78.2 Å². The molecule has 0 aromatic rings. The molecule has 0 N–H and O–H groups in total. The molecule has 0 aromatic carbocycles. The minimum Gasteiger partial charge on any atom is -2.00 e. The van der Waals surface area contributed by atoms with Crippen molar-refractivity contribution in [1.82, 2.24) is 0 Å². The molecular formula is Cr2O7Ti2. The summed E-state index contributed by atoms with van der Waals surface area (Å²) in [6.07, 6.45) is 0. The molecule has 0 rings (SSSR count). The Kier molecular flexibility index (Phi) is 11500. The second kappa shape index (κ2) is 313. The van der Waals surface area contributed by atoms with Crippen molar-refractivity contribution < 1.29 is 116 Å². The molecule has 0 bridgehead atoms. The first-order valence-electron chi connectivity index (χ1n) is 0. The first-order valence-corrected chi connectivity index (χ1v) is 0. The Bertz CT molecular complexity index is 14.4. The summed E-state index contributed by atoms with van der Waals surface area (Å²) in [5.74, 6) is 0. The number of hydrogen-bond acceptors (Lipinski definition) is 0. The van der Waals surface area contributed by atoms with Crippen LogP contribution in [0.5, 0.6) is 0 Å². The molecule has 0 spiro atoms. The fraction of sp³-hybridized carbons (Fsp3) is 0. The van der Waals surface area contributed by atoms with Gasteiger partial charge in [-0.15, -0.1) is 0 Å². The zero-order chi connectivity index (χ0) is 0. The van der Waals surface area contributed by atoms with Gasteiger partial charge in [-0.1, -0.05) is 0 Å². The number of rotatable bonds is 0. The molecule has 0 aliphatic carbocycles. The summed E-state index contributed by atoms with van der Waals surface area (Å²) >= 11 is 0. The second-order valence-corrected chi connectivity index (χ2v) is 0. The normalized spacial score (nSPS) is 0. The molecule has 0 heterocycles. The van der Waals surface area contributed by atoms with Crippen LogP contribution in [0, 0.1) is 0 Å². The molecule has 0 amide bonds. The van der Waals surface area contributed by atoms with E-state index >= 15 is 0 Å². The summed E-state index contributed by atoms with van der Waals surface area (Å²) in [6, 6.07) is 0. The topological polar surface area (TPSA) is 200 Å². The van der Waals surface area contributed by atoms with Gasteiger partial charge in [0.05, 0.1) is 0 Å². The summed E-state index contributed by atoms with van der Waals surface area (Å²) in [7, 11) is 0. The molecule has 0 saturated carbocycles. The maximum absolute atomic E-state index is 0. The molecule has 11 heteroatoms. The van der Waals surface area contributed by atoms with E-state index in [0.717, 1.165) is 0 Å². The van der Waals surface area contributed by atoms with Crippen LogP contribution in [0.15, 0.2) is 0 Å². The van der Waals surface area contributed by atoms with Crippen molar-refractivity contribution >= 4 is 0 Å². The summed E-state index contributed by atoms with van der Waals surface area (Å²) in [5.41, 5.74) is 0. The summed E-state index contributed by atoms with van der Waals surface area (Å²) in [5, 5.41) is 0. The van der Waals surface area contributed by atoms with Gasteiger partial charge in [0.25, 0.3) is 0 Å². The summed E-state index contributed by atoms with van der Waals surface area (Å²) in [4.78, 5) is 0. The molecule has 0 saturated heterocycles. The van der Waals surface area contributed by atoms with Crippen LogP contribution in [0.25, 0.3) is 0 Å². The Morgan fingerprint density at radius 1 is 0.273 bits per heavy atom. The van der Waals surface area contributed by atoms with E-state index in [1.54, 1.807) is 0 Å². The minimum atomic E-state index is 0. The van der Waals surface area contributed by atoms with E-state index in [2.05, 4.69) is 0 Å². The zero-order valence-corrected chi connectivity index (χ0v) is 10.3. The van der Waals surface area contributed by atoms with Gasteiger partial charge in [0.2, 0.25) is 0 Å². The molecule has 0 aliphatic heterocycles. The van der Waals surface area contributed by atoms with Gasteiger partial charge in [0, 0.05) is 0 Å². The van der Waals surface area contributed by atoms with Crippen molar-refractivity contribution in [3.8, 4) is 0 Å². The van der Waals surface area contributed by atoms with Crippen LogP contribution in [0.2, 0.25) is 0 Å². The maximum Gasteiger partial charge on any atom is 4.00 e. The molecule has 0 atom stereocenters. The van der Waals surface area contributed by atoms with E-state index in [1.165, 1.54) is 0 Å². The standard InChI is InChI=1S/2Cr.7O.2Ti/q2*+3;7*-2;2*+4. The smallest absolute Gasteiger partial charge is 2.00 e. The van der Waals surface area contributed by atoms with E-state index < -0.39 is 0 Å². The third-order valence-electron chi connectivity index (χ3n) is 0. The SMILES string of the molecule is [Cr+3].[Cr+3].[O-2].[O-2].[O-2].[O-2].[O-2].[O-2].[O-2].[Ti+4].[Ti+4]. The molecule has 7 nitrogen and oxygen atoms in total. The van der Waals surface area contributed by atoms with E-state index in [9.17, 15) is 0 Å². The molecule has 0 fully saturated rings. The predicted molar refractivity (Wildman–Crippen MR) is 4.81 cm³/mol. The molecule has 0 aliphatic rings. The Morgan fingerprint density at radius 2 is 0.273 bits per heavy atom. The second-order valence-electron chi connectivity index (χ2n) is 0. The summed E-state index contributed by atoms with van der Waals surface area (Å²) in [6.45, 7) is 0. The zero-order valence-electron chi connectivity index (χ0n) is 4.67. The van der Waals surface area contributed by atoms with Crippen molar-refractivity contribution in [3.63, 3.8) is 0 Å². The van der Waals surface area contributed by atoms with Gasteiger partial charge in [0.1, 0.15) is 0 Å². The number of hydrogen-bond donors (Lipinski definition) is 0. The molecule has 11 heavy (non-hydrogen) atoms. The summed E-state index contributed by atoms with van der Waals surface area (Å²) < 4.78 is 0. The van der Waals surface area contributed by atoms with Crippen LogP contribution in [-0.4, -0.2) is 0 Å². The van der Waals surface area contributed by atoms with E-state index in [4.69, 9.17) is 0 Å². The largest absolute Gasteiger partial charge is 4.00 e. The van der Waals surface area contributed by atoms with Crippen LogP contribution < -0.4 is 0 Å².